The van der Waals surface area contributed by atoms with Crippen molar-refractivity contribution in [3.05, 3.63) is 82.2 Å². The van der Waals surface area contributed by atoms with Gasteiger partial charge in [0, 0.05) is 11.8 Å². The van der Waals surface area contributed by atoms with Crippen LogP contribution in [-0.4, -0.2) is 29.0 Å². The predicted molar refractivity (Wildman–Crippen MR) is 125 cm³/mol. The van der Waals surface area contributed by atoms with Crippen molar-refractivity contribution in [3.8, 4) is 11.3 Å². The van der Waals surface area contributed by atoms with E-state index in [4.69, 9.17) is 27.9 Å². The van der Waals surface area contributed by atoms with Crippen molar-refractivity contribution in [2.75, 3.05) is 7.05 Å². The molecule has 0 amide bonds. The summed E-state index contributed by atoms with van der Waals surface area (Å²) in [5.74, 6) is -0.362. The number of aromatic nitrogens is 2. The third kappa shape index (κ3) is 7.42. The minimum absolute atomic E-state index is 0. The zero-order valence-electron chi connectivity index (χ0n) is 16.0. The second-order valence-electron chi connectivity index (χ2n) is 6.19. The van der Waals surface area contributed by atoms with E-state index in [2.05, 4.69) is 15.3 Å². The highest BCUT2D eigenvalue weighted by molar-refractivity contribution is 6.32. The van der Waals surface area contributed by atoms with Crippen LogP contribution in [0.15, 0.2) is 60.8 Å². The van der Waals surface area contributed by atoms with Gasteiger partial charge >= 0.3 is 5.97 Å². The van der Waals surface area contributed by atoms with Crippen LogP contribution in [-0.2, 0) is 22.6 Å². The van der Waals surface area contributed by atoms with Crippen LogP contribution < -0.4 is 5.32 Å². The van der Waals surface area contributed by atoms with Crippen molar-refractivity contribution in [2.24, 2.45) is 0 Å². The molecule has 0 aliphatic heterocycles. The Morgan fingerprint density at radius 3 is 2.27 bits per heavy atom. The van der Waals surface area contributed by atoms with E-state index in [0.29, 0.717) is 12.0 Å². The molecule has 5 nitrogen and oxygen atoms in total. The number of benzene rings is 1. The zero-order chi connectivity index (χ0) is 19.9. The van der Waals surface area contributed by atoms with Crippen LogP contribution in [0.2, 0.25) is 10.3 Å². The Hall–Kier alpha value is -1.89. The molecule has 3 aromatic rings. The lowest BCUT2D eigenvalue weighted by molar-refractivity contribution is -0.147. The fourth-order valence-electron chi connectivity index (χ4n) is 2.72. The van der Waals surface area contributed by atoms with Crippen molar-refractivity contribution in [1.29, 1.82) is 0 Å². The number of nitrogens with zero attached hydrogens (tertiary/aromatic N) is 2. The fraction of sp³-hybridized carbons (Fsp3) is 0.190. The van der Waals surface area contributed by atoms with Crippen LogP contribution in [0.5, 0.6) is 0 Å². The maximum absolute atomic E-state index is 12.4. The highest BCUT2D eigenvalue weighted by Gasteiger charge is 2.19. The molecule has 9 heteroatoms. The van der Waals surface area contributed by atoms with E-state index in [9.17, 15) is 4.79 Å². The Labute approximate surface area is 198 Å². The molecule has 2 heterocycles. The maximum Gasteiger partial charge on any atom is 0.323 e. The van der Waals surface area contributed by atoms with E-state index in [1.54, 1.807) is 25.4 Å². The van der Waals surface area contributed by atoms with E-state index < -0.39 is 6.04 Å². The molecular formula is C21H21Cl4N3O2. The maximum atomic E-state index is 12.4. The van der Waals surface area contributed by atoms with Gasteiger partial charge < -0.3 is 10.1 Å². The molecule has 0 unspecified atom stereocenters. The van der Waals surface area contributed by atoms with E-state index in [1.807, 2.05) is 42.5 Å². The molecule has 1 aromatic carbocycles. The molecule has 0 fully saturated rings. The Kier molecular flexibility index (Phi) is 11.1. The molecule has 0 aliphatic carbocycles. The van der Waals surface area contributed by atoms with Crippen molar-refractivity contribution in [1.82, 2.24) is 15.3 Å². The Morgan fingerprint density at radius 2 is 1.70 bits per heavy atom. The summed E-state index contributed by atoms with van der Waals surface area (Å²) in [7, 11) is 1.72. The predicted octanol–water partition coefficient (Wildman–Crippen LogP) is 5.17. The molecule has 0 aliphatic rings. The standard InChI is InChI=1S/C21H19Cl2N3O2.2ClH/c1-24-18(21(27)28-13-15-10-19(22)26-20(23)11-15)9-14-7-8-17(25-12-14)16-5-3-2-4-6-16;;/h2-8,10-12,18,24H,9,13H2,1H3;2*1H/t18-;;/m0../s1. The summed E-state index contributed by atoms with van der Waals surface area (Å²) in [4.78, 5) is 20.8. The first-order chi connectivity index (χ1) is 13.5. The first kappa shape index (κ1) is 26.1. The fourth-order valence-corrected chi connectivity index (χ4v) is 3.22. The van der Waals surface area contributed by atoms with Gasteiger partial charge in [-0.3, -0.25) is 9.78 Å². The summed E-state index contributed by atoms with van der Waals surface area (Å²) in [5, 5.41) is 3.50. The number of esters is 1. The van der Waals surface area contributed by atoms with Gasteiger partial charge in [0.05, 0.1) is 5.69 Å². The van der Waals surface area contributed by atoms with Crippen LogP contribution in [0.4, 0.5) is 0 Å². The quantitative estimate of drug-likeness (QED) is 0.367. The number of carbonyl (C=O) groups is 1. The minimum Gasteiger partial charge on any atom is -0.460 e. The van der Waals surface area contributed by atoms with Gasteiger partial charge in [0.25, 0.3) is 0 Å². The molecule has 1 atom stereocenters. The minimum atomic E-state index is -0.489. The third-order valence-electron chi connectivity index (χ3n) is 4.17. The highest BCUT2D eigenvalue weighted by Crippen LogP contribution is 2.18. The average molecular weight is 489 g/mol. The molecule has 0 bridgehead atoms. The van der Waals surface area contributed by atoms with Gasteiger partial charge in [0.2, 0.25) is 0 Å². The highest BCUT2D eigenvalue weighted by atomic mass is 35.5. The molecule has 30 heavy (non-hydrogen) atoms. The zero-order valence-corrected chi connectivity index (χ0v) is 19.2. The van der Waals surface area contributed by atoms with E-state index in [0.717, 1.165) is 16.8 Å². The summed E-state index contributed by atoms with van der Waals surface area (Å²) < 4.78 is 5.39. The van der Waals surface area contributed by atoms with Crippen LogP contribution in [0.3, 0.4) is 0 Å². The molecule has 0 saturated carbocycles. The summed E-state index contributed by atoms with van der Waals surface area (Å²) in [6.45, 7) is 0.0736. The van der Waals surface area contributed by atoms with Gasteiger partial charge in [-0.1, -0.05) is 59.6 Å². The lowest BCUT2D eigenvalue weighted by Crippen LogP contribution is -2.37. The number of carbonyl (C=O) groups excluding carboxylic acids is 1. The molecule has 0 spiro atoms. The molecule has 3 rings (SSSR count). The molecule has 2 aromatic heterocycles. The van der Waals surface area contributed by atoms with Crippen molar-refractivity contribution < 1.29 is 9.53 Å². The Morgan fingerprint density at radius 1 is 1.03 bits per heavy atom. The summed E-state index contributed by atoms with van der Waals surface area (Å²) >= 11 is 11.7. The SMILES string of the molecule is CN[C@@H](Cc1ccc(-c2ccccc2)nc1)C(=O)OCc1cc(Cl)nc(Cl)c1.Cl.Cl. The second-order valence-corrected chi connectivity index (χ2v) is 6.97. The lowest BCUT2D eigenvalue weighted by atomic mass is 10.1. The molecule has 0 radical (unpaired) electrons. The van der Waals surface area contributed by atoms with Crippen molar-refractivity contribution in [2.45, 2.75) is 19.1 Å². The normalized spacial score (nSPS) is 11.0. The smallest absolute Gasteiger partial charge is 0.323 e. The Bertz CT molecular complexity index is 920. The van der Waals surface area contributed by atoms with Gasteiger partial charge in [-0.25, -0.2) is 4.98 Å². The van der Waals surface area contributed by atoms with Crippen LogP contribution in [0, 0.1) is 0 Å². The van der Waals surface area contributed by atoms with Crippen LogP contribution in [0.1, 0.15) is 11.1 Å². The van der Waals surface area contributed by atoms with Gasteiger partial charge in [-0.15, -0.1) is 24.8 Å². The first-order valence-electron chi connectivity index (χ1n) is 8.71. The van der Waals surface area contributed by atoms with Crippen molar-refractivity contribution in [3.63, 3.8) is 0 Å². The summed E-state index contributed by atoms with van der Waals surface area (Å²) in [6.07, 6.45) is 2.25. The summed E-state index contributed by atoms with van der Waals surface area (Å²) in [5.41, 5.74) is 3.56. The van der Waals surface area contributed by atoms with Gasteiger partial charge in [-0.2, -0.15) is 0 Å². The van der Waals surface area contributed by atoms with Crippen molar-refractivity contribution >= 4 is 54.0 Å². The number of rotatable bonds is 7. The number of hydrogen-bond acceptors (Lipinski definition) is 5. The molecule has 0 saturated heterocycles. The molecular weight excluding hydrogens is 468 g/mol. The number of halogens is 4. The topological polar surface area (TPSA) is 64.1 Å². The first-order valence-corrected chi connectivity index (χ1v) is 9.47. The van der Waals surface area contributed by atoms with Gasteiger partial charge in [0.1, 0.15) is 23.0 Å². The number of ether oxygens (including phenoxy) is 1. The van der Waals surface area contributed by atoms with Gasteiger partial charge in [-0.05, 0) is 42.8 Å². The lowest BCUT2D eigenvalue weighted by Gasteiger charge is -2.15. The van der Waals surface area contributed by atoms with Crippen LogP contribution in [0.25, 0.3) is 11.3 Å². The number of hydrogen-bond donors (Lipinski definition) is 1. The third-order valence-corrected chi connectivity index (χ3v) is 4.56. The largest absolute Gasteiger partial charge is 0.460 e. The molecule has 1 N–H and O–H groups in total. The van der Waals surface area contributed by atoms with Gasteiger partial charge in [0.15, 0.2) is 0 Å². The summed E-state index contributed by atoms with van der Waals surface area (Å²) in [6, 6.07) is 16.6. The van der Waals surface area contributed by atoms with E-state index >= 15 is 0 Å². The monoisotopic (exact) mass is 487 g/mol. The second kappa shape index (κ2) is 12.7. The average Bonchev–Trinajstić information content (AvgIpc) is 2.70. The number of likely N-dealkylation sites (N-methyl/N-ethyl adjacent to an activating group) is 1. The Balaban J connectivity index is 0.00000225. The number of nitrogens with one attached hydrogen (secondary N) is 1. The van der Waals surface area contributed by atoms with E-state index in [1.165, 1.54) is 0 Å². The number of pyridine rings is 2. The van der Waals surface area contributed by atoms with Crippen LogP contribution >= 0.6 is 48.0 Å². The van der Waals surface area contributed by atoms with E-state index in [-0.39, 0.29) is 47.7 Å². The molecule has 160 valence electrons.